The molecular weight excluding hydrogens is 278 g/mol. The van der Waals surface area contributed by atoms with Crippen LogP contribution in [0.2, 0.25) is 0 Å². The summed E-state index contributed by atoms with van der Waals surface area (Å²) in [7, 11) is 0. The fraction of sp³-hybridized carbons (Fsp3) is 0.278. The molecule has 0 bridgehead atoms. The summed E-state index contributed by atoms with van der Waals surface area (Å²) in [4.78, 5) is 14.8. The van der Waals surface area contributed by atoms with Crippen LogP contribution in [-0.4, -0.2) is 22.2 Å². The zero-order valence-electron chi connectivity index (χ0n) is 12.5. The lowest BCUT2D eigenvalue weighted by molar-refractivity contribution is -0.145. The molecule has 4 heteroatoms. The zero-order valence-corrected chi connectivity index (χ0v) is 12.5. The third kappa shape index (κ3) is 2.64. The van der Waals surface area contributed by atoms with Crippen LogP contribution >= 0.6 is 0 Å². The van der Waals surface area contributed by atoms with Gasteiger partial charge in [0.25, 0.3) is 0 Å². The average molecular weight is 297 g/mol. The van der Waals surface area contributed by atoms with E-state index in [1.807, 2.05) is 49.4 Å². The van der Waals surface area contributed by atoms with Gasteiger partial charge in [0, 0.05) is 16.3 Å². The molecular formula is C18H19NO3. The maximum absolute atomic E-state index is 11.4. The minimum Gasteiger partial charge on any atom is -0.479 e. The van der Waals surface area contributed by atoms with Crippen LogP contribution in [0.5, 0.6) is 5.75 Å². The van der Waals surface area contributed by atoms with Crippen molar-refractivity contribution in [3.05, 3.63) is 42.5 Å². The number of hydrogen-bond donors (Lipinski definition) is 2. The number of fused-ring (bicyclic) bond motifs is 3. The van der Waals surface area contributed by atoms with Gasteiger partial charge in [-0.05, 0) is 31.0 Å². The lowest BCUT2D eigenvalue weighted by atomic mass is 10.1. The van der Waals surface area contributed by atoms with Gasteiger partial charge in [-0.2, -0.15) is 0 Å². The summed E-state index contributed by atoms with van der Waals surface area (Å²) >= 11 is 0. The van der Waals surface area contributed by atoms with Crippen molar-refractivity contribution in [2.24, 2.45) is 0 Å². The molecule has 1 unspecified atom stereocenters. The van der Waals surface area contributed by atoms with Crippen molar-refractivity contribution in [3.63, 3.8) is 0 Å². The third-order valence-electron chi connectivity index (χ3n) is 3.86. The lowest BCUT2D eigenvalue weighted by Crippen LogP contribution is -2.26. The summed E-state index contributed by atoms with van der Waals surface area (Å²) in [6, 6.07) is 13.7. The maximum Gasteiger partial charge on any atom is 0.344 e. The van der Waals surface area contributed by atoms with Crippen LogP contribution < -0.4 is 4.74 Å². The van der Waals surface area contributed by atoms with E-state index in [2.05, 4.69) is 4.98 Å². The molecule has 2 aromatic carbocycles. The Bertz CT molecular complexity index is 806. The highest BCUT2D eigenvalue weighted by Crippen LogP contribution is 2.33. The van der Waals surface area contributed by atoms with Crippen molar-refractivity contribution in [3.8, 4) is 5.75 Å². The number of para-hydroxylation sites is 1. The number of unbranched alkanes of at least 4 members (excludes halogenated alkanes) is 1. The van der Waals surface area contributed by atoms with Crippen LogP contribution in [-0.2, 0) is 4.79 Å². The van der Waals surface area contributed by atoms with E-state index in [9.17, 15) is 9.90 Å². The van der Waals surface area contributed by atoms with Crippen molar-refractivity contribution >= 4 is 27.8 Å². The standard InChI is InChI=1S/C18H19NO3/c1-2-3-10-16(18(20)21)22-15-11-6-9-14-17(15)12-7-4-5-8-13(12)19-14/h4-9,11,16,19H,2-3,10H2,1H3,(H,20,21). The van der Waals surface area contributed by atoms with E-state index < -0.39 is 12.1 Å². The molecule has 3 rings (SSSR count). The quantitative estimate of drug-likeness (QED) is 0.711. The molecule has 1 aromatic heterocycles. The van der Waals surface area contributed by atoms with Gasteiger partial charge >= 0.3 is 5.97 Å². The van der Waals surface area contributed by atoms with Gasteiger partial charge in [-0.3, -0.25) is 0 Å². The van der Waals surface area contributed by atoms with Gasteiger partial charge in [0.05, 0.1) is 5.52 Å². The van der Waals surface area contributed by atoms with Gasteiger partial charge in [0.15, 0.2) is 6.10 Å². The number of carboxylic acids is 1. The van der Waals surface area contributed by atoms with Crippen molar-refractivity contribution in [2.45, 2.75) is 32.3 Å². The number of rotatable bonds is 6. The predicted octanol–water partition coefficient (Wildman–Crippen LogP) is 4.34. The van der Waals surface area contributed by atoms with Crippen molar-refractivity contribution < 1.29 is 14.6 Å². The Kier molecular flexibility index (Phi) is 4.00. The molecule has 0 amide bonds. The van der Waals surface area contributed by atoms with E-state index in [4.69, 9.17) is 4.74 Å². The second kappa shape index (κ2) is 6.10. The number of carbonyl (C=O) groups is 1. The van der Waals surface area contributed by atoms with E-state index in [1.54, 1.807) is 0 Å². The summed E-state index contributed by atoms with van der Waals surface area (Å²) in [5.41, 5.74) is 1.98. The second-order valence-corrected chi connectivity index (χ2v) is 5.44. The largest absolute Gasteiger partial charge is 0.479 e. The van der Waals surface area contributed by atoms with E-state index in [0.29, 0.717) is 12.2 Å². The molecule has 0 saturated carbocycles. The highest BCUT2D eigenvalue weighted by atomic mass is 16.5. The number of ether oxygens (including phenoxy) is 1. The fourth-order valence-electron chi connectivity index (χ4n) is 2.74. The monoisotopic (exact) mass is 297 g/mol. The first-order valence-electron chi connectivity index (χ1n) is 7.59. The molecule has 0 fully saturated rings. The Morgan fingerprint density at radius 1 is 1.18 bits per heavy atom. The minimum absolute atomic E-state index is 0.518. The average Bonchev–Trinajstić information content (AvgIpc) is 2.90. The third-order valence-corrected chi connectivity index (χ3v) is 3.86. The Labute approximate surface area is 128 Å². The number of aromatic amines is 1. The van der Waals surface area contributed by atoms with Gasteiger partial charge in [0.2, 0.25) is 0 Å². The first kappa shape index (κ1) is 14.4. The summed E-state index contributed by atoms with van der Waals surface area (Å²) in [6.45, 7) is 2.04. The van der Waals surface area contributed by atoms with Crippen molar-refractivity contribution in [1.82, 2.24) is 4.98 Å². The highest BCUT2D eigenvalue weighted by molar-refractivity contribution is 6.10. The first-order chi connectivity index (χ1) is 10.7. The molecule has 0 aliphatic rings. The molecule has 0 aliphatic heterocycles. The van der Waals surface area contributed by atoms with E-state index >= 15 is 0 Å². The summed E-state index contributed by atoms with van der Waals surface area (Å²) < 4.78 is 5.84. The van der Waals surface area contributed by atoms with Gasteiger partial charge < -0.3 is 14.8 Å². The maximum atomic E-state index is 11.4. The van der Waals surface area contributed by atoms with Crippen LogP contribution in [0.25, 0.3) is 21.8 Å². The molecule has 114 valence electrons. The molecule has 1 atom stereocenters. The first-order valence-corrected chi connectivity index (χ1v) is 7.59. The lowest BCUT2D eigenvalue weighted by Gasteiger charge is -2.15. The number of benzene rings is 2. The molecule has 2 N–H and O–H groups in total. The number of nitrogens with one attached hydrogen (secondary N) is 1. The number of aliphatic carboxylic acids is 1. The molecule has 0 saturated heterocycles. The summed E-state index contributed by atoms with van der Waals surface area (Å²) in [5.74, 6) is -0.288. The molecule has 1 heterocycles. The van der Waals surface area contributed by atoms with E-state index in [-0.39, 0.29) is 0 Å². The molecule has 22 heavy (non-hydrogen) atoms. The summed E-state index contributed by atoms with van der Waals surface area (Å²) in [5, 5.41) is 11.4. The topological polar surface area (TPSA) is 62.3 Å². The highest BCUT2D eigenvalue weighted by Gasteiger charge is 2.20. The number of aromatic nitrogens is 1. The normalized spacial score (nSPS) is 12.6. The Hall–Kier alpha value is -2.49. The van der Waals surface area contributed by atoms with E-state index in [0.717, 1.165) is 34.6 Å². The van der Waals surface area contributed by atoms with Gasteiger partial charge in [-0.1, -0.05) is 37.6 Å². The van der Waals surface area contributed by atoms with Crippen LogP contribution in [0.4, 0.5) is 0 Å². The number of hydrogen-bond acceptors (Lipinski definition) is 2. The molecule has 3 aromatic rings. The Morgan fingerprint density at radius 3 is 2.73 bits per heavy atom. The number of carboxylic acid groups (broad SMARTS) is 1. The Morgan fingerprint density at radius 2 is 1.95 bits per heavy atom. The van der Waals surface area contributed by atoms with Crippen LogP contribution in [0.3, 0.4) is 0 Å². The molecule has 4 nitrogen and oxygen atoms in total. The van der Waals surface area contributed by atoms with Crippen LogP contribution in [0, 0.1) is 0 Å². The molecule has 0 radical (unpaired) electrons. The SMILES string of the molecule is CCCCC(Oc1cccc2[nH]c3ccccc3c12)C(=O)O. The fourth-order valence-corrected chi connectivity index (χ4v) is 2.74. The summed E-state index contributed by atoms with van der Waals surface area (Å²) in [6.07, 6.45) is 1.50. The smallest absolute Gasteiger partial charge is 0.344 e. The van der Waals surface area contributed by atoms with Gasteiger partial charge in [-0.15, -0.1) is 0 Å². The van der Waals surface area contributed by atoms with Gasteiger partial charge in [0.1, 0.15) is 5.75 Å². The number of H-pyrrole nitrogens is 1. The second-order valence-electron chi connectivity index (χ2n) is 5.44. The van der Waals surface area contributed by atoms with Crippen molar-refractivity contribution in [1.29, 1.82) is 0 Å². The zero-order chi connectivity index (χ0) is 15.5. The minimum atomic E-state index is -0.912. The van der Waals surface area contributed by atoms with E-state index in [1.165, 1.54) is 0 Å². The van der Waals surface area contributed by atoms with Crippen molar-refractivity contribution in [2.75, 3.05) is 0 Å². The Balaban J connectivity index is 2.04. The van der Waals surface area contributed by atoms with Crippen LogP contribution in [0.1, 0.15) is 26.2 Å². The van der Waals surface area contributed by atoms with Gasteiger partial charge in [-0.25, -0.2) is 4.79 Å². The van der Waals surface area contributed by atoms with Crippen LogP contribution in [0.15, 0.2) is 42.5 Å². The predicted molar refractivity (Wildman–Crippen MR) is 87.4 cm³/mol. The molecule has 0 spiro atoms. The molecule has 0 aliphatic carbocycles.